The fraction of sp³-hybridized carbons (Fsp3) is 0.222. The van der Waals surface area contributed by atoms with Gasteiger partial charge in [0.25, 0.3) is 5.91 Å². The second-order valence-electron chi connectivity index (χ2n) is 5.82. The van der Waals surface area contributed by atoms with Gasteiger partial charge >= 0.3 is 0 Å². The van der Waals surface area contributed by atoms with Crippen molar-refractivity contribution in [2.24, 2.45) is 0 Å². The van der Waals surface area contributed by atoms with Crippen molar-refractivity contribution in [1.29, 1.82) is 0 Å². The van der Waals surface area contributed by atoms with Crippen LogP contribution in [0.25, 0.3) is 5.65 Å². The first-order valence-electron chi connectivity index (χ1n) is 7.71. The molecule has 3 heterocycles. The van der Waals surface area contributed by atoms with Gasteiger partial charge in [-0.15, -0.1) is 0 Å². The van der Waals surface area contributed by atoms with Crippen molar-refractivity contribution in [2.75, 3.05) is 6.54 Å². The third-order valence-electron chi connectivity index (χ3n) is 4.40. The Morgan fingerprint density at radius 2 is 2.00 bits per heavy atom. The van der Waals surface area contributed by atoms with Gasteiger partial charge in [-0.2, -0.15) is 0 Å². The highest BCUT2D eigenvalue weighted by atomic mass is 19.1. The highest BCUT2D eigenvalue weighted by molar-refractivity contribution is 5.94. The van der Waals surface area contributed by atoms with Crippen LogP contribution in [0.1, 0.15) is 34.8 Å². The molecule has 23 heavy (non-hydrogen) atoms. The van der Waals surface area contributed by atoms with Gasteiger partial charge in [0, 0.05) is 25.1 Å². The number of hydrogen-bond donors (Lipinski definition) is 0. The van der Waals surface area contributed by atoms with Gasteiger partial charge in [-0.1, -0.05) is 12.1 Å². The quantitative estimate of drug-likeness (QED) is 0.727. The molecule has 1 atom stereocenters. The van der Waals surface area contributed by atoms with Crippen LogP contribution in [0.15, 0.2) is 55.0 Å². The van der Waals surface area contributed by atoms with E-state index in [-0.39, 0.29) is 17.8 Å². The smallest absolute Gasteiger partial charge is 0.255 e. The Morgan fingerprint density at radius 1 is 1.17 bits per heavy atom. The fourth-order valence-corrected chi connectivity index (χ4v) is 3.25. The summed E-state index contributed by atoms with van der Waals surface area (Å²) in [6.07, 6.45) is 7.21. The molecule has 0 bridgehead atoms. The summed E-state index contributed by atoms with van der Waals surface area (Å²) < 4.78 is 15.0. The fourth-order valence-electron chi connectivity index (χ4n) is 3.25. The lowest BCUT2D eigenvalue weighted by Gasteiger charge is -2.25. The van der Waals surface area contributed by atoms with E-state index in [9.17, 15) is 9.18 Å². The molecule has 3 aromatic rings. The predicted octanol–water partition coefficient (Wildman–Crippen LogP) is 3.45. The minimum atomic E-state index is -0.254. The van der Waals surface area contributed by atoms with Crippen molar-refractivity contribution >= 4 is 11.6 Å². The monoisotopic (exact) mass is 309 g/mol. The zero-order valence-corrected chi connectivity index (χ0v) is 12.5. The van der Waals surface area contributed by atoms with E-state index >= 15 is 0 Å². The van der Waals surface area contributed by atoms with E-state index in [1.807, 2.05) is 33.8 Å². The molecule has 0 saturated carbocycles. The third kappa shape index (κ3) is 2.48. The highest BCUT2D eigenvalue weighted by Gasteiger charge is 2.30. The average molecular weight is 309 g/mol. The van der Waals surface area contributed by atoms with Crippen LogP contribution in [0.5, 0.6) is 0 Å². The largest absolute Gasteiger partial charge is 0.332 e. The molecule has 2 aromatic heterocycles. The van der Waals surface area contributed by atoms with Crippen molar-refractivity contribution in [3.05, 3.63) is 71.9 Å². The summed E-state index contributed by atoms with van der Waals surface area (Å²) in [7, 11) is 0. The van der Waals surface area contributed by atoms with Crippen molar-refractivity contribution < 1.29 is 9.18 Å². The molecule has 5 heteroatoms. The van der Waals surface area contributed by atoms with Gasteiger partial charge in [-0.05, 0) is 42.7 Å². The van der Waals surface area contributed by atoms with E-state index in [1.165, 1.54) is 12.1 Å². The van der Waals surface area contributed by atoms with Crippen LogP contribution in [0.2, 0.25) is 0 Å². The molecule has 0 aliphatic carbocycles. The number of carbonyl (C=O) groups excluding carboxylic acids is 1. The number of halogens is 1. The van der Waals surface area contributed by atoms with E-state index in [4.69, 9.17) is 0 Å². The molecular formula is C18H16FN3O. The Bertz CT molecular complexity index is 856. The average Bonchev–Trinajstić information content (AvgIpc) is 3.23. The Kier molecular flexibility index (Phi) is 3.33. The van der Waals surface area contributed by atoms with Crippen molar-refractivity contribution in [1.82, 2.24) is 14.3 Å². The number of amides is 1. The summed E-state index contributed by atoms with van der Waals surface area (Å²) in [5.41, 5.74) is 2.45. The number of aromatic nitrogens is 2. The summed E-state index contributed by atoms with van der Waals surface area (Å²) in [5, 5.41) is 0. The number of hydrogen-bond acceptors (Lipinski definition) is 2. The molecule has 4 nitrogen and oxygen atoms in total. The number of benzene rings is 1. The number of imidazole rings is 1. The maximum Gasteiger partial charge on any atom is 0.255 e. The van der Waals surface area contributed by atoms with Crippen molar-refractivity contribution in [3.8, 4) is 0 Å². The third-order valence-corrected chi connectivity index (χ3v) is 4.40. The molecule has 116 valence electrons. The number of nitrogens with zero attached hydrogens (tertiary/aromatic N) is 3. The summed E-state index contributed by atoms with van der Waals surface area (Å²) in [6, 6.07) is 10.1. The molecule has 0 N–H and O–H groups in total. The van der Waals surface area contributed by atoms with Gasteiger partial charge in [0.15, 0.2) is 0 Å². The topological polar surface area (TPSA) is 37.6 Å². The Morgan fingerprint density at radius 3 is 2.83 bits per heavy atom. The zero-order valence-electron chi connectivity index (χ0n) is 12.5. The molecule has 1 aliphatic heterocycles. The maximum atomic E-state index is 13.1. The molecular weight excluding hydrogens is 293 g/mol. The van der Waals surface area contributed by atoms with Gasteiger partial charge in [0.2, 0.25) is 0 Å². The van der Waals surface area contributed by atoms with Gasteiger partial charge in [-0.25, -0.2) is 9.37 Å². The lowest BCUT2D eigenvalue weighted by atomic mass is 10.0. The Balaban J connectivity index is 1.64. The van der Waals surface area contributed by atoms with Crippen molar-refractivity contribution in [2.45, 2.75) is 18.9 Å². The van der Waals surface area contributed by atoms with Crippen molar-refractivity contribution in [3.63, 3.8) is 0 Å². The molecule has 0 unspecified atom stereocenters. The van der Waals surface area contributed by atoms with Gasteiger partial charge in [0.1, 0.15) is 11.5 Å². The Hall–Kier alpha value is -2.69. The molecule has 4 rings (SSSR count). The second-order valence-corrected chi connectivity index (χ2v) is 5.82. The summed E-state index contributed by atoms with van der Waals surface area (Å²) >= 11 is 0. The molecule has 1 saturated heterocycles. The summed E-state index contributed by atoms with van der Waals surface area (Å²) in [4.78, 5) is 19.0. The number of likely N-dealkylation sites (tertiary alicyclic amines) is 1. The first-order chi connectivity index (χ1) is 11.2. The second kappa shape index (κ2) is 5.50. The standard InChI is InChI=1S/C18H16FN3O/c19-15-6-3-13(4-7-15)16-2-1-10-22(16)18(23)14-5-8-17-20-9-11-21(17)12-14/h3-9,11-12,16H,1-2,10H2/t16-/m0/s1. The molecule has 1 aliphatic rings. The first kappa shape index (κ1) is 13.9. The molecule has 0 radical (unpaired) electrons. The maximum absolute atomic E-state index is 13.1. The van der Waals surface area contributed by atoms with Crippen LogP contribution in [-0.2, 0) is 0 Å². The van der Waals surface area contributed by atoms with Crippen LogP contribution < -0.4 is 0 Å². The van der Waals surface area contributed by atoms with Crippen LogP contribution in [-0.4, -0.2) is 26.7 Å². The number of pyridine rings is 1. The van der Waals surface area contributed by atoms with Gasteiger partial charge in [-0.3, -0.25) is 4.79 Å². The van der Waals surface area contributed by atoms with Gasteiger partial charge in [0.05, 0.1) is 11.6 Å². The van der Waals surface area contributed by atoms with E-state index < -0.39 is 0 Å². The predicted molar refractivity (Wildman–Crippen MR) is 84.6 cm³/mol. The molecule has 0 spiro atoms. The Labute approximate surface area is 133 Å². The highest BCUT2D eigenvalue weighted by Crippen LogP contribution is 2.33. The number of fused-ring (bicyclic) bond motifs is 1. The zero-order chi connectivity index (χ0) is 15.8. The van der Waals surface area contributed by atoms with Crippen LogP contribution in [0.3, 0.4) is 0 Å². The number of carbonyl (C=O) groups is 1. The summed E-state index contributed by atoms with van der Waals surface area (Å²) in [5.74, 6) is -0.248. The van der Waals surface area contributed by atoms with Crippen LogP contribution >= 0.6 is 0 Å². The molecule has 1 fully saturated rings. The first-order valence-corrected chi connectivity index (χ1v) is 7.71. The normalized spacial score (nSPS) is 17.8. The van der Waals surface area contributed by atoms with Crippen LogP contribution in [0, 0.1) is 5.82 Å². The minimum Gasteiger partial charge on any atom is -0.332 e. The van der Waals surface area contributed by atoms with E-state index in [0.717, 1.165) is 30.6 Å². The summed E-state index contributed by atoms with van der Waals surface area (Å²) in [6.45, 7) is 0.725. The van der Waals surface area contributed by atoms with E-state index in [1.54, 1.807) is 18.3 Å². The lowest BCUT2D eigenvalue weighted by Crippen LogP contribution is -2.30. The van der Waals surface area contributed by atoms with Gasteiger partial charge < -0.3 is 9.30 Å². The van der Waals surface area contributed by atoms with Crippen LogP contribution in [0.4, 0.5) is 4.39 Å². The van der Waals surface area contributed by atoms with E-state index in [2.05, 4.69) is 4.98 Å². The minimum absolute atomic E-state index is 0.00688. The number of rotatable bonds is 2. The SMILES string of the molecule is O=C(c1ccc2nccn2c1)N1CCC[C@H]1c1ccc(F)cc1. The van der Waals surface area contributed by atoms with E-state index in [0.29, 0.717) is 5.56 Å². The molecule has 1 aromatic carbocycles. The lowest BCUT2D eigenvalue weighted by molar-refractivity contribution is 0.0735. The molecule has 1 amide bonds.